The molecule has 2 fully saturated rings. The molecule has 0 aliphatic carbocycles. The van der Waals surface area contributed by atoms with Crippen LogP contribution in [-0.4, -0.2) is 38.0 Å². The second kappa shape index (κ2) is 7.59. The van der Waals surface area contributed by atoms with Crippen molar-refractivity contribution in [2.75, 3.05) is 31.1 Å². The fourth-order valence-electron chi connectivity index (χ4n) is 3.40. The minimum Gasteiger partial charge on any atom is -0.352 e. The predicted octanol–water partition coefficient (Wildman–Crippen LogP) is 1.93. The normalized spacial score (nSPS) is 21.5. The van der Waals surface area contributed by atoms with Crippen molar-refractivity contribution in [2.45, 2.75) is 32.1 Å². The van der Waals surface area contributed by atoms with Gasteiger partial charge in [-0.1, -0.05) is 6.07 Å². The van der Waals surface area contributed by atoms with Gasteiger partial charge in [0.15, 0.2) is 0 Å². The van der Waals surface area contributed by atoms with E-state index in [0.29, 0.717) is 24.4 Å². The van der Waals surface area contributed by atoms with E-state index < -0.39 is 0 Å². The Bertz CT molecular complexity index is 567. The average molecular weight is 315 g/mol. The molecule has 0 radical (unpaired) electrons. The first-order valence-electron chi connectivity index (χ1n) is 8.63. The molecule has 5 nitrogen and oxygen atoms in total. The van der Waals surface area contributed by atoms with Crippen LogP contribution in [0.4, 0.5) is 5.69 Å². The number of benzene rings is 1. The summed E-state index contributed by atoms with van der Waals surface area (Å²) < 4.78 is 0. The van der Waals surface area contributed by atoms with Crippen LogP contribution in [0.5, 0.6) is 0 Å². The van der Waals surface area contributed by atoms with Crippen molar-refractivity contribution in [3.63, 3.8) is 0 Å². The van der Waals surface area contributed by atoms with Gasteiger partial charge in [-0.05, 0) is 62.9 Å². The molecule has 0 bridgehead atoms. The predicted molar refractivity (Wildman–Crippen MR) is 90.6 cm³/mol. The molecule has 1 aromatic rings. The van der Waals surface area contributed by atoms with E-state index in [2.05, 4.69) is 10.6 Å². The first kappa shape index (κ1) is 16.0. The number of rotatable bonds is 5. The lowest BCUT2D eigenvalue weighted by Gasteiger charge is -2.22. The second-order valence-corrected chi connectivity index (χ2v) is 6.46. The van der Waals surface area contributed by atoms with Crippen molar-refractivity contribution in [3.8, 4) is 0 Å². The first-order valence-corrected chi connectivity index (χ1v) is 8.63. The van der Waals surface area contributed by atoms with Gasteiger partial charge in [0.25, 0.3) is 5.91 Å². The summed E-state index contributed by atoms with van der Waals surface area (Å²) in [5, 5.41) is 6.40. The van der Waals surface area contributed by atoms with Crippen LogP contribution < -0.4 is 15.5 Å². The van der Waals surface area contributed by atoms with Crippen LogP contribution in [-0.2, 0) is 4.79 Å². The van der Waals surface area contributed by atoms with Crippen molar-refractivity contribution in [1.82, 2.24) is 10.6 Å². The fraction of sp³-hybridized carbons (Fsp3) is 0.556. The van der Waals surface area contributed by atoms with Gasteiger partial charge in [-0.25, -0.2) is 0 Å². The topological polar surface area (TPSA) is 61.4 Å². The second-order valence-electron chi connectivity index (χ2n) is 6.46. The Balaban J connectivity index is 1.53. The number of nitrogens with zero attached hydrogens (tertiary/aromatic N) is 1. The van der Waals surface area contributed by atoms with E-state index in [1.807, 2.05) is 24.3 Å². The third-order valence-corrected chi connectivity index (χ3v) is 4.73. The van der Waals surface area contributed by atoms with Crippen molar-refractivity contribution in [1.29, 1.82) is 0 Å². The highest BCUT2D eigenvalue weighted by atomic mass is 16.2. The minimum absolute atomic E-state index is 0.0535. The van der Waals surface area contributed by atoms with E-state index >= 15 is 0 Å². The number of hydrogen-bond acceptors (Lipinski definition) is 3. The summed E-state index contributed by atoms with van der Waals surface area (Å²) >= 11 is 0. The lowest BCUT2D eigenvalue weighted by Crippen LogP contribution is -2.33. The highest BCUT2D eigenvalue weighted by molar-refractivity contribution is 5.99. The van der Waals surface area contributed by atoms with Crippen LogP contribution >= 0.6 is 0 Å². The Morgan fingerprint density at radius 1 is 1.35 bits per heavy atom. The van der Waals surface area contributed by atoms with E-state index in [9.17, 15) is 9.59 Å². The maximum absolute atomic E-state index is 12.3. The SMILES string of the molecule is O=C(NCCC1CCCNC1)c1cccc(N2CCCC2=O)c1. The summed E-state index contributed by atoms with van der Waals surface area (Å²) in [4.78, 5) is 25.9. The van der Waals surface area contributed by atoms with E-state index in [4.69, 9.17) is 0 Å². The van der Waals surface area contributed by atoms with Gasteiger partial charge in [-0.15, -0.1) is 0 Å². The van der Waals surface area contributed by atoms with Gasteiger partial charge < -0.3 is 15.5 Å². The molecule has 0 aromatic heterocycles. The van der Waals surface area contributed by atoms with Crippen LogP contribution in [0.1, 0.15) is 42.5 Å². The highest BCUT2D eigenvalue weighted by Crippen LogP contribution is 2.22. The molecule has 23 heavy (non-hydrogen) atoms. The largest absolute Gasteiger partial charge is 0.352 e. The minimum atomic E-state index is -0.0535. The molecule has 1 aromatic carbocycles. The van der Waals surface area contributed by atoms with Crippen molar-refractivity contribution < 1.29 is 9.59 Å². The number of carbonyl (C=O) groups is 2. The van der Waals surface area contributed by atoms with E-state index in [-0.39, 0.29) is 11.8 Å². The number of nitrogens with one attached hydrogen (secondary N) is 2. The molecule has 2 heterocycles. The van der Waals surface area contributed by atoms with Gasteiger partial charge in [-0.2, -0.15) is 0 Å². The summed E-state index contributed by atoms with van der Waals surface area (Å²) in [5.41, 5.74) is 1.46. The number of hydrogen-bond donors (Lipinski definition) is 2. The molecule has 2 N–H and O–H groups in total. The molecule has 2 amide bonds. The smallest absolute Gasteiger partial charge is 0.251 e. The van der Waals surface area contributed by atoms with E-state index in [1.54, 1.807) is 4.90 Å². The first-order chi connectivity index (χ1) is 11.2. The van der Waals surface area contributed by atoms with Crippen LogP contribution in [0.15, 0.2) is 24.3 Å². The van der Waals surface area contributed by atoms with Gasteiger partial charge in [0.2, 0.25) is 5.91 Å². The molecule has 5 heteroatoms. The Morgan fingerprint density at radius 2 is 2.26 bits per heavy atom. The van der Waals surface area contributed by atoms with Gasteiger partial charge in [0, 0.05) is 30.8 Å². The van der Waals surface area contributed by atoms with E-state index in [1.165, 1.54) is 12.8 Å². The number of piperidine rings is 1. The summed E-state index contributed by atoms with van der Waals surface area (Å²) in [5.74, 6) is 0.757. The highest BCUT2D eigenvalue weighted by Gasteiger charge is 2.22. The monoisotopic (exact) mass is 315 g/mol. The quantitative estimate of drug-likeness (QED) is 0.873. The summed E-state index contributed by atoms with van der Waals surface area (Å²) in [6.45, 7) is 3.63. The Morgan fingerprint density at radius 3 is 3.00 bits per heavy atom. The fourth-order valence-corrected chi connectivity index (χ4v) is 3.40. The Kier molecular flexibility index (Phi) is 5.28. The van der Waals surface area contributed by atoms with Crippen LogP contribution in [0.3, 0.4) is 0 Å². The lowest BCUT2D eigenvalue weighted by atomic mass is 9.96. The maximum atomic E-state index is 12.3. The zero-order valence-corrected chi connectivity index (χ0v) is 13.5. The summed E-state index contributed by atoms with van der Waals surface area (Å²) in [6, 6.07) is 7.37. The van der Waals surface area contributed by atoms with Gasteiger partial charge >= 0.3 is 0 Å². The van der Waals surface area contributed by atoms with Crippen molar-refractivity contribution >= 4 is 17.5 Å². The van der Waals surface area contributed by atoms with Crippen molar-refractivity contribution in [2.24, 2.45) is 5.92 Å². The average Bonchev–Trinajstić information content (AvgIpc) is 3.02. The maximum Gasteiger partial charge on any atom is 0.251 e. The summed E-state index contributed by atoms with van der Waals surface area (Å²) in [6.07, 6.45) is 4.99. The van der Waals surface area contributed by atoms with Gasteiger partial charge in [0.1, 0.15) is 0 Å². The van der Waals surface area contributed by atoms with E-state index in [0.717, 1.165) is 38.2 Å². The van der Waals surface area contributed by atoms with Crippen molar-refractivity contribution in [3.05, 3.63) is 29.8 Å². The third kappa shape index (κ3) is 4.10. The molecule has 3 rings (SSSR count). The molecule has 124 valence electrons. The van der Waals surface area contributed by atoms with Gasteiger partial charge in [0.05, 0.1) is 0 Å². The Labute approximate surface area is 137 Å². The number of anilines is 1. The van der Waals surface area contributed by atoms with Crippen LogP contribution in [0.25, 0.3) is 0 Å². The zero-order valence-electron chi connectivity index (χ0n) is 13.5. The molecular formula is C18H25N3O2. The third-order valence-electron chi connectivity index (χ3n) is 4.73. The molecule has 2 saturated heterocycles. The molecule has 0 saturated carbocycles. The Hall–Kier alpha value is -1.88. The van der Waals surface area contributed by atoms with Crippen LogP contribution in [0, 0.1) is 5.92 Å². The molecule has 1 unspecified atom stereocenters. The van der Waals surface area contributed by atoms with Crippen LogP contribution in [0.2, 0.25) is 0 Å². The number of amides is 2. The molecule has 2 aliphatic heterocycles. The molecular weight excluding hydrogens is 290 g/mol. The number of carbonyl (C=O) groups excluding carboxylic acids is 2. The summed E-state index contributed by atoms with van der Waals surface area (Å²) in [7, 11) is 0. The zero-order chi connectivity index (χ0) is 16.1. The molecule has 2 aliphatic rings. The lowest BCUT2D eigenvalue weighted by molar-refractivity contribution is -0.117. The molecule has 0 spiro atoms. The van der Waals surface area contributed by atoms with Gasteiger partial charge in [-0.3, -0.25) is 9.59 Å². The molecule has 1 atom stereocenters. The standard InChI is InChI=1S/C18H25N3O2/c22-17-7-3-11-21(17)16-6-1-5-15(12-16)18(23)20-10-8-14-4-2-9-19-13-14/h1,5-6,12,14,19H,2-4,7-11,13H2,(H,20,23).